The summed E-state index contributed by atoms with van der Waals surface area (Å²) in [6, 6.07) is 13.0. The number of rotatable bonds is 11. The number of para-hydroxylation sites is 2. The fourth-order valence-electron chi connectivity index (χ4n) is 4.11. The van der Waals surface area contributed by atoms with E-state index >= 15 is 0 Å². The van der Waals surface area contributed by atoms with E-state index in [9.17, 15) is 23.3 Å². The van der Waals surface area contributed by atoms with Gasteiger partial charge < -0.3 is 9.74 Å². The fourth-order valence-corrected chi connectivity index (χ4v) is 6.61. The zero-order valence-corrected chi connectivity index (χ0v) is 27.1. The highest BCUT2D eigenvalue weighted by molar-refractivity contribution is 7.89. The van der Waals surface area contributed by atoms with Gasteiger partial charge in [0.25, 0.3) is 11.2 Å². The summed E-state index contributed by atoms with van der Waals surface area (Å²) in [6.07, 6.45) is 6.06. The van der Waals surface area contributed by atoms with E-state index in [1.807, 2.05) is 52.1 Å². The molecule has 0 aliphatic carbocycles. The van der Waals surface area contributed by atoms with Gasteiger partial charge >= 0.3 is 0 Å². The van der Waals surface area contributed by atoms with Crippen molar-refractivity contribution in [3.05, 3.63) is 80.8 Å². The van der Waals surface area contributed by atoms with Crippen LogP contribution in [0.5, 0.6) is 0 Å². The van der Waals surface area contributed by atoms with Crippen LogP contribution in [0.25, 0.3) is 5.69 Å². The number of nitro benzene ring substituents is 1. The Balaban J connectivity index is 2.13. The molecule has 3 rings (SSSR count). The number of sulfonamides is 1. The van der Waals surface area contributed by atoms with Crippen LogP contribution in [0.1, 0.15) is 33.4 Å². The van der Waals surface area contributed by atoms with Crippen LogP contribution < -0.4 is 15.6 Å². The summed E-state index contributed by atoms with van der Waals surface area (Å²) in [5.41, 5.74) is -1.07. The first-order valence-electron chi connectivity index (χ1n) is 13.4. The number of aromatic nitrogens is 2. The van der Waals surface area contributed by atoms with E-state index in [1.165, 1.54) is 16.8 Å². The van der Waals surface area contributed by atoms with Gasteiger partial charge in [-0.2, -0.15) is 0 Å². The van der Waals surface area contributed by atoms with Crippen LogP contribution in [-0.4, -0.2) is 49.2 Å². The maximum Gasteiger partial charge on any atom is 0.295 e. The van der Waals surface area contributed by atoms with Crippen LogP contribution in [0.2, 0.25) is 18.1 Å². The third-order valence-corrected chi connectivity index (χ3v) is 14.0. The lowest BCUT2D eigenvalue weighted by molar-refractivity contribution is -0.387. The Labute approximate surface area is 248 Å². The molecule has 2 atom stereocenters. The quantitative estimate of drug-likeness (QED) is 0.140. The molecule has 1 aromatic heterocycles. The molecule has 0 saturated heterocycles. The topological polar surface area (TPSA) is 138 Å². The van der Waals surface area contributed by atoms with Crippen LogP contribution >= 0.6 is 0 Å². The van der Waals surface area contributed by atoms with Crippen LogP contribution in [-0.2, 0) is 21.5 Å². The first-order valence-corrected chi connectivity index (χ1v) is 17.7. The van der Waals surface area contributed by atoms with Crippen molar-refractivity contribution in [1.82, 2.24) is 14.1 Å². The highest BCUT2D eigenvalue weighted by Gasteiger charge is 2.43. The molecule has 0 radical (unpaired) electrons. The number of hydrogen-bond donors (Lipinski definition) is 2. The van der Waals surface area contributed by atoms with Crippen molar-refractivity contribution >= 4 is 29.7 Å². The summed E-state index contributed by atoms with van der Waals surface area (Å²) in [7, 11) is -5.15. The second-order valence-electron chi connectivity index (χ2n) is 11.9. The minimum absolute atomic E-state index is 0.150. The van der Waals surface area contributed by atoms with Gasteiger partial charge in [0, 0.05) is 13.1 Å². The summed E-state index contributed by atoms with van der Waals surface area (Å²) in [4.78, 5) is 24.1. The fraction of sp³-hybridized carbons (Fsp3) is 0.414. The molecule has 42 heavy (non-hydrogen) atoms. The monoisotopic (exact) mass is 613 g/mol. The van der Waals surface area contributed by atoms with Crippen LogP contribution in [0.3, 0.4) is 0 Å². The van der Waals surface area contributed by atoms with Gasteiger partial charge in [-0.1, -0.05) is 57.0 Å². The van der Waals surface area contributed by atoms with Crippen molar-refractivity contribution in [2.75, 3.05) is 11.9 Å². The number of nitro groups is 1. The Morgan fingerprint density at radius 2 is 1.67 bits per heavy atom. The second kappa shape index (κ2) is 11.9. The Kier molecular flexibility index (Phi) is 9.28. The van der Waals surface area contributed by atoms with Crippen molar-refractivity contribution in [3.8, 4) is 18.0 Å². The number of anilines is 1. The lowest BCUT2D eigenvalue weighted by Crippen LogP contribution is -2.59. The molecule has 0 aliphatic rings. The van der Waals surface area contributed by atoms with Gasteiger partial charge in [0.15, 0.2) is 13.2 Å². The van der Waals surface area contributed by atoms with Crippen LogP contribution in [0, 0.1) is 29.4 Å². The number of terminal acetylenes is 1. The Morgan fingerprint density at radius 1 is 1.10 bits per heavy atom. The molecule has 11 nitrogen and oxygen atoms in total. The van der Waals surface area contributed by atoms with Crippen molar-refractivity contribution in [2.24, 2.45) is 7.05 Å². The summed E-state index contributed by atoms with van der Waals surface area (Å²) < 4.78 is 39.5. The highest BCUT2D eigenvalue weighted by atomic mass is 32.2. The lowest BCUT2D eigenvalue weighted by atomic mass is 9.94. The molecule has 1 heterocycles. The van der Waals surface area contributed by atoms with E-state index in [-0.39, 0.29) is 22.9 Å². The number of nitrogens with zero attached hydrogens (tertiary/aromatic N) is 3. The van der Waals surface area contributed by atoms with Crippen LogP contribution in [0.15, 0.2) is 64.3 Å². The Morgan fingerprint density at radius 3 is 2.21 bits per heavy atom. The predicted octanol–water partition coefficient (Wildman–Crippen LogP) is 4.57. The molecule has 0 unspecified atom stereocenters. The molecular weight excluding hydrogens is 575 g/mol. The standard InChI is InChI=1S/C29H39N5O6SSi/c1-10-29(6,30-26-21(2)32(7)33(27(26)35)22-16-12-11-13-17-22)25(20-40-42(8,9)28(3,4)5)31-41(38,39)24-19-15-14-18-23(24)34(36)37/h1,11-19,25,30-31H,20H2,2-9H3/t25-,29-/m1/s1. The Hall–Kier alpha value is -3.70. The van der Waals surface area contributed by atoms with E-state index < -0.39 is 45.4 Å². The van der Waals surface area contributed by atoms with Gasteiger partial charge in [0.05, 0.1) is 29.0 Å². The summed E-state index contributed by atoms with van der Waals surface area (Å²) in [5.74, 6) is 2.64. The average molecular weight is 614 g/mol. The van der Waals surface area contributed by atoms with E-state index in [1.54, 1.807) is 37.7 Å². The van der Waals surface area contributed by atoms with Crippen molar-refractivity contribution in [3.63, 3.8) is 0 Å². The van der Waals surface area contributed by atoms with Crippen LogP contribution in [0.4, 0.5) is 11.4 Å². The number of benzene rings is 2. The normalized spacial score (nSPS) is 14.5. The molecule has 2 aromatic carbocycles. The van der Waals surface area contributed by atoms with Gasteiger partial charge in [0.1, 0.15) is 11.2 Å². The largest absolute Gasteiger partial charge is 0.415 e. The van der Waals surface area contributed by atoms with E-state index in [4.69, 9.17) is 10.8 Å². The molecule has 0 spiro atoms. The predicted molar refractivity (Wildman–Crippen MR) is 167 cm³/mol. The molecule has 0 fully saturated rings. The third-order valence-electron chi connectivity index (χ3n) is 8.00. The average Bonchev–Trinajstić information content (AvgIpc) is 3.13. The van der Waals surface area contributed by atoms with E-state index in [0.29, 0.717) is 11.4 Å². The van der Waals surface area contributed by atoms with Crippen molar-refractivity contribution in [1.29, 1.82) is 0 Å². The molecule has 0 saturated carbocycles. The SMILES string of the molecule is C#C[C@@](C)(Nc1c(C)n(C)n(-c2ccccc2)c1=O)[C@@H](CO[Si](C)(C)C(C)(C)C)NS(=O)(=O)c1ccccc1[N+](=O)[O-]. The van der Waals surface area contributed by atoms with Crippen molar-refractivity contribution in [2.45, 2.75) is 69.2 Å². The molecule has 13 heteroatoms. The molecule has 0 bridgehead atoms. The maximum atomic E-state index is 13.7. The zero-order chi connectivity index (χ0) is 31.7. The maximum absolute atomic E-state index is 13.7. The summed E-state index contributed by atoms with van der Waals surface area (Å²) in [5, 5.41) is 14.6. The molecule has 2 N–H and O–H groups in total. The minimum Gasteiger partial charge on any atom is -0.415 e. The number of hydrogen-bond acceptors (Lipinski definition) is 7. The molecule has 226 valence electrons. The van der Waals surface area contributed by atoms with E-state index in [0.717, 1.165) is 12.1 Å². The first-order chi connectivity index (χ1) is 19.4. The molecule has 0 amide bonds. The van der Waals surface area contributed by atoms with Gasteiger partial charge in [0.2, 0.25) is 10.0 Å². The van der Waals surface area contributed by atoms with Crippen molar-refractivity contribution < 1.29 is 17.8 Å². The summed E-state index contributed by atoms with van der Waals surface area (Å²) >= 11 is 0. The second-order valence-corrected chi connectivity index (χ2v) is 18.4. The van der Waals surface area contributed by atoms with E-state index in [2.05, 4.69) is 16.0 Å². The van der Waals surface area contributed by atoms with Gasteiger partial charge in [-0.3, -0.25) is 19.6 Å². The van der Waals surface area contributed by atoms with Gasteiger partial charge in [-0.05, 0) is 50.2 Å². The number of nitrogens with one attached hydrogen (secondary N) is 2. The van der Waals surface area contributed by atoms with Gasteiger partial charge in [-0.15, -0.1) is 6.42 Å². The smallest absolute Gasteiger partial charge is 0.295 e. The summed E-state index contributed by atoms with van der Waals surface area (Å²) in [6.45, 7) is 13.4. The van der Waals surface area contributed by atoms with Gasteiger partial charge in [-0.25, -0.2) is 17.8 Å². The lowest BCUT2D eigenvalue weighted by Gasteiger charge is -2.40. The highest BCUT2D eigenvalue weighted by Crippen LogP contribution is 2.37. The third kappa shape index (κ3) is 6.52. The first kappa shape index (κ1) is 32.8. The minimum atomic E-state index is -4.47. The molecule has 0 aliphatic heterocycles. The Bertz CT molecular complexity index is 1670. The molecular formula is C29H39N5O6SSi. The molecule has 3 aromatic rings. The zero-order valence-electron chi connectivity index (χ0n) is 25.3.